The van der Waals surface area contributed by atoms with Crippen molar-refractivity contribution in [3.05, 3.63) is 108 Å². The van der Waals surface area contributed by atoms with Crippen molar-refractivity contribution in [3.8, 4) is 22.3 Å². The Morgan fingerprint density at radius 3 is 2.27 bits per heavy atom. The van der Waals surface area contributed by atoms with Crippen LogP contribution in [0.2, 0.25) is 0 Å². The van der Waals surface area contributed by atoms with Gasteiger partial charge in [-0.05, 0) is 70.3 Å². The zero-order chi connectivity index (χ0) is 22.4. The lowest BCUT2D eigenvalue weighted by molar-refractivity contribution is 0.657. The van der Waals surface area contributed by atoms with E-state index < -0.39 is 0 Å². The minimum absolute atomic E-state index is 0.00984. The van der Waals surface area contributed by atoms with Crippen molar-refractivity contribution in [1.29, 1.82) is 0 Å². The highest BCUT2D eigenvalue weighted by Crippen LogP contribution is 2.53. The molecule has 0 bridgehead atoms. The molecule has 0 aromatic heterocycles. The van der Waals surface area contributed by atoms with Gasteiger partial charge in [0.1, 0.15) is 0 Å². The molecule has 4 aromatic carbocycles. The van der Waals surface area contributed by atoms with Crippen molar-refractivity contribution >= 4 is 11.4 Å². The van der Waals surface area contributed by atoms with Gasteiger partial charge >= 0.3 is 0 Å². The molecule has 1 N–H and O–H groups in total. The van der Waals surface area contributed by atoms with Gasteiger partial charge in [-0.25, -0.2) is 0 Å². The molecular formula is C32H31N. The summed E-state index contributed by atoms with van der Waals surface area (Å²) in [5, 5.41) is 3.73. The Labute approximate surface area is 197 Å². The summed E-state index contributed by atoms with van der Waals surface area (Å²) in [6.07, 6.45) is 5.41. The topological polar surface area (TPSA) is 12.0 Å². The minimum Gasteiger partial charge on any atom is -0.355 e. The van der Waals surface area contributed by atoms with Gasteiger partial charge in [-0.15, -0.1) is 0 Å². The second-order valence-corrected chi connectivity index (χ2v) is 10.2. The Balaban J connectivity index is 1.41. The molecule has 0 aliphatic heterocycles. The van der Waals surface area contributed by atoms with Gasteiger partial charge in [0, 0.05) is 22.4 Å². The van der Waals surface area contributed by atoms with E-state index >= 15 is 0 Å². The molecule has 1 saturated carbocycles. The highest BCUT2D eigenvalue weighted by molar-refractivity contribution is 5.87. The molecule has 1 heteroatoms. The Hall–Kier alpha value is -3.32. The first-order valence-electron chi connectivity index (χ1n) is 12.3. The lowest BCUT2D eigenvalue weighted by Gasteiger charge is -2.23. The van der Waals surface area contributed by atoms with E-state index in [1.54, 1.807) is 5.56 Å². The largest absolute Gasteiger partial charge is 0.355 e. The van der Waals surface area contributed by atoms with Crippen LogP contribution in [-0.4, -0.2) is 0 Å². The van der Waals surface area contributed by atoms with Crippen LogP contribution in [0.4, 0.5) is 11.4 Å². The van der Waals surface area contributed by atoms with Gasteiger partial charge in [0.05, 0.1) is 0 Å². The predicted octanol–water partition coefficient (Wildman–Crippen LogP) is 9.06. The minimum atomic E-state index is 0.00984. The zero-order valence-corrected chi connectivity index (χ0v) is 19.6. The third kappa shape index (κ3) is 3.38. The van der Waals surface area contributed by atoms with E-state index in [0.717, 1.165) is 17.3 Å². The molecule has 0 atom stereocenters. The van der Waals surface area contributed by atoms with Crippen LogP contribution in [0, 0.1) is 0 Å². The molecule has 2 aliphatic carbocycles. The molecule has 164 valence electrons. The third-order valence-electron chi connectivity index (χ3n) is 7.82. The van der Waals surface area contributed by atoms with E-state index in [4.69, 9.17) is 0 Å². The average Bonchev–Trinajstić information content (AvgIpc) is 3.46. The first-order valence-corrected chi connectivity index (χ1v) is 12.3. The normalized spacial score (nSPS) is 16.4. The van der Waals surface area contributed by atoms with Crippen LogP contribution in [0.1, 0.15) is 62.1 Å². The summed E-state index contributed by atoms with van der Waals surface area (Å²) < 4.78 is 0. The number of rotatable bonds is 4. The van der Waals surface area contributed by atoms with Crippen molar-refractivity contribution in [2.24, 2.45) is 0 Å². The van der Waals surface area contributed by atoms with Crippen molar-refractivity contribution in [2.75, 3.05) is 5.32 Å². The quantitative estimate of drug-likeness (QED) is 0.341. The SMILES string of the molecule is CC1(C)c2cc(Nc3ccccc3-c3ccccc3)ccc2-c2c(C3CCCC3)cccc21. The molecule has 1 fully saturated rings. The number of fused-ring (bicyclic) bond motifs is 3. The second-order valence-electron chi connectivity index (χ2n) is 10.2. The highest BCUT2D eigenvalue weighted by Gasteiger charge is 2.38. The number of benzene rings is 4. The number of hydrogen-bond acceptors (Lipinski definition) is 1. The van der Waals surface area contributed by atoms with Crippen LogP contribution < -0.4 is 5.32 Å². The molecule has 0 radical (unpaired) electrons. The predicted molar refractivity (Wildman–Crippen MR) is 140 cm³/mol. The van der Waals surface area contributed by atoms with Crippen LogP contribution in [-0.2, 0) is 5.41 Å². The Morgan fingerprint density at radius 1 is 0.697 bits per heavy atom. The van der Waals surface area contributed by atoms with Crippen LogP contribution in [0.15, 0.2) is 91.0 Å². The van der Waals surface area contributed by atoms with Gasteiger partial charge in [-0.2, -0.15) is 0 Å². The van der Waals surface area contributed by atoms with Crippen molar-refractivity contribution in [2.45, 2.75) is 50.9 Å². The van der Waals surface area contributed by atoms with Crippen LogP contribution >= 0.6 is 0 Å². The summed E-state index contributed by atoms with van der Waals surface area (Å²) in [6.45, 7) is 4.77. The molecule has 0 heterocycles. The Kier molecular flexibility index (Phi) is 4.87. The molecule has 6 rings (SSSR count). The molecule has 0 unspecified atom stereocenters. The molecule has 33 heavy (non-hydrogen) atoms. The zero-order valence-electron chi connectivity index (χ0n) is 19.6. The Morgan fingerprint density at radius 2 is 1.45 bits per heavy atom. The van der Waals surface area contributed by atoms with Crippen LogP contribution in [0.5, 0.6) is 0 Å². The second kappa shape index (κ2) is 7.92. The molecule has 4 aromatic rings. The maximum atomic E-state index is 3.73. The number of anilines is 2. The molecule has 2 aliphatic rings. The Bertz CT molecular complexity index is 1310. The van der Waals surface area contributed by atoms with Crippen molar-refractivity contribution in [1.82, 2.24) is 0 Å². The van der Waals surface area contributed by atoms with Gasteiger partial charge in [-0.3, -0.25) is 0 Å². The van der Waals surface area contributed by atoms with Crippen molar-refractivity contribution in [3.63, 3.8) is 0 Å². The first kappa shape index (κ1) is 20.3. The monoisotopic (exact) mass is 429 g/mol. The summed E-state index contributed by atoms with van der Waals surface area (Å²) in [5.74, 6) is 0.720. The van der Waals surface area contributed by atoms with E-state index in [0.29, 0.717) is 0 Å². The number of hydrogen-bond donors (Lipinski definition) is 1. The fourth-order valence-electron chi connectivity index (χ4n) is 6.09. The summed E-state index contributed by atoms with van der Waals surface area (Å²) in [6, 6.07) is 33.2. The van der Waals surface area contributed by atoms with Gasteiger partial charge in [0.15, 0.2) is 0 Å². The molecule has 0 amide bonds. The first-order chi connectivity index (χ1) is 16.1. The van der Waals surface area contributed by atoms with Gasteiger partial charge < -0.3 is 5.32 Å². The van der Waals surface area contributed by atoms with E-state index in [9.17, 15) is 0 Å². The maximum absolute atomic E-state index is 3.73. The van der Waals surface area contributed by atoms with Crippen LogP contribution in [0.25, 0.3) is 22.3 Å². The number of para-hydroxylation sites is 1. The summed E-state index contributed by atoms with van der Waals surface area (Å²) in [5.41, 5.74) is 12.2. The lowest BCUT2D eigenvalue weighted by atomic mass is 9.81. The molecule has 0 saturated heterocycles. The summed E-state index contributed by atoms with van der Waals surface area (Å²) >= 11 is 0. The standard InChI is InChI=1S/C32H31N/c1-32(2)28-17-10-16-26(23-13-6-7-14-23)31(28)27-20-19-24(21-29(27)32)33-30-18-9-8-15-25(30)22-11-4-3-5-12-22/h3-5,8-12,15-21,23,33H,6-7,13-14H2,1-2H3. The fraction of sp³-hybridized carbons (Fsp3) is 0.250. The van der Waals surface area contributed by atoms with E-state index in [-0.39, 0.29) is 5.41 Å². The van der Waals surface area contributed by atoms with Crippen LogP contribution in [0.3, 0.4) is 0 Å². The van der Waals surface area contributed by atoms with Gasteiger partial charge in [0.25, 0.3) is 0 Å². The average molecular weight is 430 g/mol. The van der Waals surface area contributed by atoms with Gasteiger partial charge in [0.2, 0.25) is 0 Å². The van der Waals surface area contributed by atoms with Gasteiger partial charge in [-0.1, -0.05) is 99.5 Å². The highest BCUT2D eigenvalue weighted by atomic mass is 14.9. The molecular weight excluding hydrogens is 398 g/mol. The van der Waals surface area contributed by atoms with E-state index in [1.807, 2.05) is 0 Å². The number of nitrogens with one attached hydrogen (secondary N) is 1. The summed E-state index contributed by atoms with van der Waals surface area (Å²) in [4.78, 5) is 0. The van der Waals surface area contributed by atoms with E-state index in [1.165, 1.54) is 59.1 Å². The lowest BCUT2D eigenvalue weighted by Crippen LogP contribution is -2.15. The van der Waals surface area contributed by atoms with E-state index in [2.05, 4.69) is 110 Å². The fourth-order valence-corrected chi connectivity index (χ4v) is 6.09. The maximum Gasteiger partial charge on any atom is 0.0463 e. The van der Waals surface area contributed by atoms with Crippen molar-refractivity contribution < 1.29 is 0 Å². The summed E-state index contributed by atoms with van der Waals surface area (Å²) in [7, 11) is 0. The third-order valence-corrected chi connectivity index (χ3v) is 7.82. The smallest absolute Gasteiger partial charge is 0.0463 e. The molecule has 1 nitrogen and oxygen atoms in total. The molecule has 0 spiro atoms.